The smallest absolute Gasteiger partial charge is 0.262 e. The Hall–Kier alpha value is -4.27. The zero-order valence-corrected chi connectivity index (χ0v) is 16.8. The fourth-order valence-corrected chi connectivity index (χ4v) is 2.82. The van der Waals surface area contributed by atoms with Crippen LogP contribution in [-0.2, 0) is 4.79 Å². The largest absolute Gasteiger partial charge is 0.497 e. The second-order valence-corrected chi connectivity index (χ2v) is 6.64. The Kier molecular flexibility index (Phi) is 6.07. The fraction of sp³-hybridized carbons (Fsp3) is 0.0870. The van der Waals surface area contributed by atoms with Crippen LogP contribution in [0, 0.1) is 11.6 Å². The van der Waals surface area contributed by atoms with Crippen molar-refractivity contribution < 1.29 is 27.6 Å². The average molecular weight is 437 g/mol. The van der Waals surface area contributed by atoms with E-state index in [1.165, 1.54) is 0 Å². The van der Waals surface area contributed by atoms with Crippen LogP contribution < -0.4 is 14.8 Å². The highest BCUT2D eigenvalue weighted by atomic mass is 19.1. The van der Waals surface area contributed by atoms with E-state index >= 15 is 0 Å². The first-order chi connectivity index (χ1) is 15.5. The van der Waals surface area contributed by atoms with Crippen LogP contribution in [0.2, 0.25) is 0 Å². The minimum atomic E-state index is -0.865. The Labute approximate surface area is 181 Å². The van der Waals surface area contributed by atoms with Crippen molar-refractivity contribution in [2.45, 2.75) is 0 Å². The van der Waals surface area contributed by atoms with Crippen molar-refractivity contribution in [2.75, 3.05) is 19.0 Å². The molecule has 0 bridgehead atoms. The van der Waals surface area contributed by atoms with Gasteiger partial charge in [0.2, 0.25) is 5.82 Å². The number of halogens is 2. The number of carbonyl (C=O) groups is 1. The van der Waals surface area contributed by atoms with E-state index in [0.29, 0.717) is 29.1 Å². The maximum absolute atomic E-state index is 13.6. The van der Waals surface area contributed by atoms with Crippen molar-refractivity contribution in [1.29, 1.82) is 0 Å². The molecule has 1 amide bonds. The molecule has 7 nitrogen and oxygen atoms in total. The summed E-state index contributed by atoms with van der Waals surface area (Å²) in [5, 5.41) is 6.31. The number of nitrogens with one attached hydrogen (secondary N) is 1. The van der Waals surface area contributed by atoms with Crippen LogP contribution in [0.5, 0.6) is 11.5 Å². The van der Waals surface area contributed by atoms with Crippen molar-refractivity contribution in [1.82, 2.24) is 10.1 Å². The summed E-state index contributed by atoms with van der Waals surface area (Å²) in [4.78, 5) is 16.3. The number of methoxy groups -OCH3 is 1. The fourth-order valence-electron chi connectivity index (χ4n) is 2.82. The first kappa shape index (κ1) is 21.0. The van der Waals surface area contributed by atoms with Crippen LogP contribution in [0.3, 0.4) is 0 Å². The minimum Gasteiger partial charge on any atom is -0.497 e. The van der Waals surface area contributed by atoms with Gasteiger partial charge in [0, 0.05) is 17.2 Å². The number of rotatable bonds is 7. The summed E-state index contributed by atoms with van der Waals surface area (Å²) in [5.74, 6) is -0.270. The third kappa shape index (κ3) is 4.89. The summed E-state index contributed by atoms with van der Waals surface area (Å²) >= 11 is 0. The van der Waals surface area contributed by atoms with Crippen molar-refractivity contribution >= 4 is 11.6 Å². The number of hydrogen-bond donors (Lipinski definition) is 1. The summed E-state index contributed by atoms with van der Waals surface area (Å²) in [6, 6.07) is 16.8. The number of benzene rings is 3. The van der Waals surface area contributed by atoms with Gasteiger partial charge in [0.1, 0.15) is 23.1 Å². The number of nitrogens with zero attached hydrogens (tertiary/aromatic N) is 2. The van der Waals surface area contributed by atoms with E-state index in [4.69, 9.17) is 14.0 Å². The number of ether oxygens (including phenoxy) is 2. The first-order valence-corrected chi connectivity index (χ1v) is 9.48. The van der Waals surface area contributed by atoms with Crippen molar-refractivity contribution in [3.05, 3.63) is 78.4 Å². The summed E-state index contributed by atoms with van der Waals surface area (Å²) in [6.07, 6.45) is 0. The molecule has 1 N–H and O–H groups in total. The number of aromatic nitrogens is 2. The Morgan fingerprint density at radius 2 is 1.66 bits per heavy atom. The van der Waals surface area contributed by atoms with Crippen molar-refractivity contribution in [3.8, 4) is 34.3 Å². The maximum atomic E-state index is 13.6. The normalized spacial score (nSPS) is 10.6. The molecule has 9 heteroatoms. The van der Waals surface area contributed by atoms with Gasteiger partial charge in [-0.3, -0.25) is 4.79 Å². The third-order valence-corrected chi connectivity index (χ3v) is 4.45. The number of amides is 1. The predicted molar refractivity (Wildman–Crippen MR) is 112 cm³/mol. The highest BCUT2D eigenvalue weighted by molar-refractivity contribution is 5.92. The van der Waals surface area contributed by atoms with Crippen molar-refractivity contribution in [3.63, 3.8) is 0 Å². The van der Waals surface area contributed by atoms with Crippen LogP contribution >= 0.6 is 0 Å². The van der Waals surface area contributed by atoms with E-state index in [1.54, 1.807) is 43.5 Å². The molecule has 0 saturated heterocycles. The monoisotopic (exact) mass is 437 g/mol. The van der Waals surface area contributed by atoms with Crippen molar-refractivity contribution in [2.24, 2.45) is 0 Å². The highest BCUT2D eigenvalue weighted by Gasteiger charge is 2.12. The van der Waals surface area contributed by atoms with Crippen LogP contribution in [0.25, 0.3) is 22.8 Å². The standard InChI is InChI=1S/C23H17F2N3O4/c1-30-17-7-2-14(3-8-17)22-27-23(32-28-22)15-4-9-18(10-5-15)31-13-21(29)26-20-11-6-16(24)12-19(20)25/h2-12H,13H2,1H3,(H,26,29). The van der Waals surface area contributed by atoms with E-state index in [2.05, 4.69) is 15.5 Å². The lowest BCUT2D eigenvalue weighted by Crippen LogP contribution is -2.20. The number of hydrogen-bond acceptors (Lipinski definition) is 6. The zero-order valence-electron chi connectivity index (χ0n) is 16.8. The molecule has 0 spiro atoms. The predicted octanol–water partition coefficient (Wildman–Crippen LogP) is 4.71. The molecule has 0 saturated carbocycles. The second kappa shape index (κ2) is 9.25. The molecular formula is C23H17F2N3O4. The van der Waals surface area contributed by atoms with Crippen LogP contribution in [0.15, 0.2) is 71.3 Å². The molecule has 32 heavy (non-hydrogen) atoms. The van der Waals surface area contributed by atoms with Crippen LogP contribution in [-0.4, -0.2) is 29.8 Å². The molecule has 0 aliphatic carbocycles. The van der Waals surface area contributed by atoms with Gasteiger partial charge in [-0.1, -0.05) is 5.16 Å². The molecule has 0 unspecified atom stereocenters. The molecule has 162 valence electrons. The van der Waals surface area contributed by atoms with Gasteiger partial charge < -0.3 is 19.3 Å². The van der Waals surface area contributed by atoms with Gasteiger partial charge in [0.15, 0.2) is 6.61 Å². The van der Waals surface area contributed by atoms with Gasteiger partial charge in [-0.2, -0.15) is 4.98 Å². The quantitative estimate of drug-likeness (QED) is 0.451. The van der Waals surface area contributed by atoms with E-state index in [1.807, 2.05) is 12.1 Å². The average Bonchev–Trinajstić information content (AvgIpc) is 3.30. The molecule has 4 rings (SSSR count). The van der Waals surface area contributed by atoms with Gasteiger partial charge in [-0.15, -0.1) is 0 Å². The molecule has 0 fully saturated rings. The molecule has 0 aliphatic heterocycles. The SMILES string of the molecule is COc1ccc(-c2noc(-c3ccc(OCC(=O)Nc4ccc(F)cc4F)cc3)n2)cc1. The van der Waals surface area contributed by atoms with Crippen LogP contribution in [0.1, 0.15) is 0 Å². The molecular weight excluding hydrogens is 420 g/mol. The maximum Gasteiger partial charge on any atom is 0.262 e. The Morgan fingerprint density at radius 3 is 2.34 bits per heavy atom. The van der Waals surface area contributed by atoms with Gasteiger partial charge in [0.25, 0.3) is 11.8 Å². The highest BCUT2D eigenvalue weighted by Crippen LogP contribution is 2.25. The Morgan fingerprint density at radius 1 is 0.969 bits per heavy atom. The summed E-state index contributed by atoms with van der Waals surface area (Å²) in [7, 11) is 1.59. The van der Waals surface area contributed by atoms with Gasteiger partial charge in [-0.25, -0.2) is 8.78 Å². The molecule has 4 aromatic rings. The van der Waals surface area contributed by atoms with Gasteiger partial charge in [-0.05, 0) is 60.7 Å². The third-order valence-electron chi connectivity index (χ3n) is 4.45. The molecule has 0 radical (unpaired) electrons. The van der Waals surface area contributed by atoms with E-state index in [0.717, 1.165) is 23.4 Å². The number of anilines is 1. The molecule has 1 heterocycles. The van der Waals surface area contributed by atoms with E-state index < -0.39 is 17.5 Å². The summed E-state index contributed by atoms with van der Waals surface area (Å²) in [6.45, 7) is -0.349. The lowest BCUT2D eigenvalue weighted by atomic mass is 10.2. The van der Waals surface area contributed by atoms with Crippen LogP contribution in [0.4, 0.5) is 14.5 Å². The number of carbonyl (C=O) groups excluding carboxylic acids is 1. The summed E-state index contributed by atoms with van der Waals surface area (Å²) in [5.41, 5.74) is 1.33. The summed E-state index contributed by atoms with van der Waals surface area (Å²) < 4.78 is 42.4. The lowest BCUT2D eigenvalue weighted by Gasteiger charge is -2.08. The zero-order chi connectivity index (χ0) is 22.5. The first-order valence-electron chi connectivity index (χ1n) is 9.48. The molecule has 3 aromatic carbocycles. The van der Waals surface area contributed by atoms with Gasteiger partial charge in [0.05, 0.1) is 12.8 Å². The molecule has 0 atom stereocenters. The van der Waals surface area contributed by atoms with E-state index in [9.17, 15) is 13.6 Å². The molecule has 0 aliphatic rings. The minimum absolute atomic E-state index is 0.126. The van der Waals surface area contributed by atoms with E-state index in [-0.39, 0.29) is 12.3 Å². The van der Waals surface area contributed by atoms with Gasteiger partial charge >= 0.3 is 0 Å². The lowest BCUT2D eigenvalue weighted by molar-refractivity contribution is -0.118. The Balaban J connectivity index is 1.36. The second-order valence-electron chi connectivity index (χ2n) is 6.64. The topological polar surface area (TPSA) is 86.5 Å². The molecule has 1 aromatic heterocycles. The Bertz CT molecular complexity index is 1220.